The zero-order valence-corrected chi connectivity index (χ0v) is 6.28. The summed E-state index contributed by atoms with van der Waals surface area (Å²) in [7, 11) is -2.97. The molecule has 0 fully saturated rings. The van der Waals surface area contributed by atoms with Gasteiger partial charge in [-0.25, -0.2) is 0 Å². The number of halogens is 2. The number of hydrogen-bond acceptors (Lipinski definition) is 1. The minimum atomic E-state index is -2.97. The SMILES string of the molecule is Cc1ccc(P(F)F)cn1. The summed E-state index contributed by atoms with van der Waals surface area (Å²) in [5.41, 5.74) is 0.764. The number of aryl methyl sites for hydroxylation is 1. The van der Waals surface area contributed by atoms with Crippen LogP contribution in [0.4, 0.5) is 8.39 Å². The predicted octanol–water partition coefficient (Wildman–Crippen LogP) is 2.27. The Hall–Kier alpha value is -0.560. The molecule has 1 aromatic rings. The number of rotatable bonds is 1. The van der Waals surface area contributed by atoms with E-state index >= 15 is 0 Å². The molecule has 0 radical (unpaired) electrons. The van der Waals surface area contributed by atoms with Gasteiger partial charge in [-0.15, -0.1) is 0 Å². The van der Waals surface area contributed by atoms with Gasteiger partial charge < -0.3 is 0 Å². The Morgan fingerprint density at radius 3 is 2.50 bits per heavy atom. The van der Waals surface area contributed by atoms with Crippen LogP contribution < -0.4 is 5.30 Å². The molecule has 0 atom stereocenters. The van der Waals surface area contributed by atoms with Crippen molar-refractivity contribution < 1.29 is 8.39 Å². The van der Waals surface area contributed by atoms with Crippen molar-refractivity contribution in [2.24, 2.45) is 0 Å². The predicted molar refractivity (Wildman–Crippen MR) is 37.7 cm³/mol. The molecule has 1 aromatic heterocycles. The van der Waals surface area contributed by atoms with Gasteiger partial charge in [0.2, 0.25) is 0 Å². The molecule has 0 unspecified atom stereocenters. The summed E-state index contributed by atoms with van der Waals surface area (Å²) in [6.07, 6.45) is 1.22. The Labute approximate surface area is 59.1 Å². The minimum Gasteiger partial charge on any atom is -0.261 e. The van der Waals surface area contributed by atoms with Gasteiger partial charge in [-0.05, 0) is 19.1 Å². The van der Waals surface area contributed by atoms with E-state index in [0.29, 0.717) is 0 Å². The van der Waals surface area contributed by atoms with Crippen LogP contribution in [-0.4, -0.2) is 4.98 Å². The normalized spacial score (nSPS) is 10.4. The van der Waals surface area contributed by atoms with Crippen molar-refractivity contribution in [1.82, 2.24) is 4.98 Å². The zero-order valence-electron chi connectivity index (χ0n) is 5.38. The highest BCUT2D eigenvalue weighted by atomic mass is 31.2. The quantitative estimate of drug-likeness (QED) is 0.575. The fraction of sp³-hybridized carbons (Fsp3) is 0.167. The maximum atomic E-state index is 11.9. The van der Waals surface area contributed by atoms with E-state index in [1.54, 1.807) is 13.0 Å². The van der Waals surface area contributed by atoms with Crippen LogP contribution in [0.2, 0.25) is 0 Å². The fourth-order valence-electron chi connectivity index (χ4n) is 0.560. The van der Waals surface area contributed by atoms with Crippen molar-refractivity contribution in [3.8, 4) is 0 Å². The number of aromatic nitrogens is 1. The smallest absolute Gasteiger partial charge is 0.261 e. The number of pyridine rings is 1. The Kier molecular flexibility index (Phi) is 2.28. The summed E-state index contributed by atoms with van der Waals surface area (Å²) in [6, 6.07) is 3.00. The van der Waals surface area contributed by atoms with E-state index in [1.165, 1.54) is 12.3 Å². The van der Waals surface area contributed by atoms with Gasteiger partial charge >= 0.3 is 0 Å². The molecular formula is C6H6F2NP. The van der Waals surface area contributed by atoms with Crippen molar-refractivity contribution in [3.05, 3.63) is 24.0 Å². The average Bonchev–Trinajstić information content (AvgIpc) is 1.88. The van der Waals surface area contributed by atoms with E-state index in [9.17, 15) is 8.39 Å². The van der Waals surface area contributed by atoms with Crippen molar-refractivity contribution in [3.63, 3.8) is 0 Å². The number of hydrogen-bond donors (Lipinski definition) is 0. The minimum absolute atomic E-state index is 0.0422. The molecule has 0 aliphatic heterocycles. The summed E-state index contributed by atoms with van der Waals surface area (Å²) in [5.74, 6) is 0. The Bertz CT molecular complexity index is 209. The van der Waals surface area contributed by atoms with Crippen molar-refractivity contribution in [2.45, 2.75) is 6.92 Å². The average molecular weight is 161 g/mol. The van der Waals surface area contributed by atoms with Crippen molar-refractivity contribution in [2.75, 3.05) is 0 Å². The van der Waals surface area contributed by atoms with Crippen LogP contribution in [0.1, 0.15) is 5.69 Å². The van der Waals surface area contributed by atoms with Crippen LogP contribution in [0.3, 0.4) is 0 Å². The van der Waals surface area contributed by atoms with Crippen LogP contribution >= 0.6 is 8.54 Å². The van der Waals surface area contributed by atoms with E-state index in [1.807, 2.05) is 0 Å². The fourth-order valence-corrected chi connectivity index (χ4v) is 0.892. The Morgan fingerprint density at radius 1 is 1.40 bits per heavy atom. The highest BCUT2D eigenvalue weighted by molar-refractivity contribution is 7.55. The molecule has 54 valence electrons. The lowest BCUT2D eigenvalue weighted by Crippen LogP contribution is -1.96. The van der Waals surface area contributed by atoms with Gasteiger partial charge in [0.25, 0.3) is 8.54 Å². The molecule has 1 heterocycles. The van der Waals surface area contributed by atoms with E-state index in [2.05, 4.69) is 4.98 Å². The largest absolute Gasteiger partial charge is 0.299 e. The molecule has 0 spiro atoms. The first kappa shape index (κ1) is 7.55. The third-order valence-electron chi connectivity index (χ3n) is 1.09. The van der Waals surface area contributed by atoms with Crippen molar-refractivity contribution in [1.29, 1.82) is 0 Å². The van der Waals surface area contributed by atoms with Gasteiger partial charge in [0, 0.05) is 11.9 Å². The molecule has 0 amide bonds. The van der Waals surface area contributed by atoms with Gasteiger partial charge in [0.15, 0.2) is 0 Å². The highest BCUT2D eigenvalue weighted by Gasteiger charge is 2.06. The van der Waals surface area contributed by atoms with Crippen LogP contribution in [0.5, 0.6) is 0 Å². The number of nitrogens with zero attached hydrogens (tertiary/aromatic N) is 1. The van der Waals surface area contributed by atoms with Crippen LogP contribution in [0, 0.1) is 6.92 Å². The summed E-state index contributed by atoms with van der Waals surface area (Å²) in [5, 5.41) is 0.0422. The molecule has 0 aliphatic rings. The molecule has 0 bridgehead atoms. The maximum absolute atomic E-state index is 11.9. The highest BCUT2D eigenvalue weighted by Crippen LogP contribution is 2.36. The second kappa shape index (κ2) is 3.02. The van der Waals surface area contributed by atoms with Crippen LogP contribution in [0.15, 0.2) is 18.3 Å². The van der Waals surface area contributed by atoms with Crippen LogP contribution in [-0.2, 0) is 0 Å². The summed E-state index contributed by atoms with van der Waals surface area (Å²) in [4.78, 5) is 3.74. The standard InChI is InChI=1S/C6H6F2NP/c1-5-2-3-6(4-9-5)10(7)8/h2-4H,1H3. The summed E-state index contributed by atoms with van der Waals surface area (Å²) < 4.78 is 23.8. The van der Waals surface area contributed by atoms with Gasteiger partial charge in [-0.2, -0.15) is 8.39 Å². The first-order chi connectivity index (χ1) is 4.70. The van der Waals surface area contributed by atoms with Crippen LogP contribution in [0.25, 0.3) is 0 Å². The lowest BCUT2D eigenvalue weighted by atomic mass is 10.4. The van der Waals surface area contributed by atoms with Gasteiger partial charge in [0.05, 0.1) is 5.30 Å². The first-order valence-electron chi connectivity index (χ1n) is 2.74. The molecule has 4 heteroatoms. The van der Waals surface area contributed by atoms with E-state index in [-0.39, 0.29) is 5.30 Å². The third-order valence-corrected chi connectivity index (χ3v) is 1.75. The van der Waals surface area contributed by atoms with Gasteiger partial charge in [0.1, 0.15) is 0 Å². The molecular weight excluding hydrogens is 155 g/mol. The zero-order chi connectivity index (χ0) is 7.56. The maximum Gasteiger partial charge on any atom is 0.299 e. The molecule has 0 N–H and O–H groups in total. The summed E-state index contributed by atoms with van der Waals surface area (Å²) in [6.45, 7) is 1.77. The topological polar surface area (TPSA) is 12.9 Å². The molecule has 0 aromatic carbocycles. The molecule has 0 saturated heterocycles. The molecule has 10 heavy (non-hydrogen) atoms. The molecule has 0 aliphatic carbocycles. The van der Waals surface area contributed by atoms with Crippen molar-refractivity contribution >= 4 is 13.8 Å². The van der Waals surface area contributed by atoms with Gasteiger partial charge in [-0.1, -0.05) is 0 Å². The van der Waals surface area contributed by atoms with Gasteiger partial charge in [-0.3, -0.25) is 4.98 Å². The Balaban J connectivity index is 2.89. The molecule has 0 saturated carbocycles. The van der Waals surface area contributed by atoms with E-state index in [4.69, 9.17) is 0 Å². The second-order valence-electron chi connectivity index (χ2n) is 1.89. The molecule has 1 rings (SSSR count). The molecule has 1 nitrogen and oxygen atoms in total. The first-order valence-corrected chi connectivity index (χ1v) is 3.87. The van der Waals surface area contributed by atoms with E-state index < -0.39 is 8.54 Å². The lowest BCUT2D eigenvalue weighted by Gasteiger charge is -1.95. The lowest BCUT2D eigenvalue weighted by molar-refractivity contribution is 0.763. The summed E-state index contributed by atoms with van der Waals surface area (Å²) >= 11 is 0. The third kappa shape index (κ3) is 1.71. The monoisotopic (exact) mass is 161 g/mol. The second-order valence-corrected chi connectivity index (χ2v) is 2.87. The van der Waals surface area contributed by atoms with E-state index in [0.717, 1.165) is 5.69 Å². The Morgan fingerprint density at radius 2 is 2.10 bits per heavy atom.